The van der Waals surface area contributed by atoms with Crippen molar-refractivity contribution in [3.05, 3.63) is 64.5 Å². The third-order valence-electron chi connectivity index (χ3n) is 3.37. The van der Waals surface area contributed by atoms with E-state index in [9.17, 15) is 4.79 Å². The topological polar surface area (TPSA) is 46.4 Å². The number of anilines is 1. The summed E-state index contributed by atoms with van der Waals surface area (Å²) in [6, 6.07) is 11.5. The normalized spacial score (nSPS) is 10.8. The molecular weight excluding hydrogens is 330 g/mol. The Hall–Kier alpha value is -2.14. The molecule has 0 unspecified atom stereocenters. The first-order valence-electron chi connectivity index (χ1n) is 6.60. The van der Waals surface area contributed by atoms with E-state index in [2.05, 4.69) is 26.2 Å². The molecule has 4 nitrogen and oxygen atoms in total. The highest BCUT2D eigenvalue weighted by molar-refractivity contribution is 9.10. The van der Waals surface area contributed by atoms with Crippen molar-refractivity contribution in [3.8, 4) is 0 Å². The van der Waals surface area contributed by atoms with Gasteiger partial charge in [-0.05, 0) is 36.8 Å². The number of hydrogen-bond donors (Lipinski definition) is 1. The second kappa shape index (κ2) is 5.69. The zero-order valence-electron chi connectivity index (χ0n) is 11.5. The molecule has 0 bridgehead atoms. The van der Waals surface area contributed by atoms with Gasteiger partial charge in [0.2, 0.25) is 5.91 Å². The van der Waals surface area contributed by atoms with Crippen molar-refractivity contribution in [2.24, 2.45) is 0 Å². The van der Waals surface area contributed by atoms with Crippen LogP contribution in [0.3, 0.4) is 0 Å². The van der Waals surface area contributed by atoms with Gasteiger partial charge in [-0.15, -0.1) is 0 Å². The minimum atomic E-state index is -0.0279. The summed E-state index contributed by atoms with van der Waals surface area (Å²) in [6.07, 6.45) is 3.99. The van der Waals surface area contributed by atoms with Gasteiger partial charge in [-0.3, -0.25) is 4.79 Å². The summed E-state index contributed by atoms with van der Waals surface area (Å²) in [5.41, 5.74) is 3.63. The number of amides is 1. The lowest BCUT2D eigenvalue weighted by atomic mass is 10.1. The summed E-state index contributed by atoms with van der Waals surface area (Å²) in [5.74, 6) is -0.0279. The standard InChI is InChI=1S/C16H14BrN3O/c1-11-14(6-7-15-18-8-9-20(11)15)19-16(21)10-12-2-4-13(17)5-3-12/h2-9H,10H2,1H3,(H,19,21). The van der Waals surface area contributed by atoms with Gasteiger partial charge in [0.1, 0.15) is 5.65 Å². The number of nitrogens with one attached hydrogen (secondary N) is 1. The number of aryl methyl sites for hydroxylation is 1. The second-order valence-corrected chi connectivity index (χ2v) is 5.75. The summed E-state index contributed by atoms with van der Waals surface area (Å²) < 4.78 is 2.96. The van der Waals surface area contributed by atoms with Crippen molar-refractivity contribution in [2.75, 3.05) is 5.32 Å². The number of aromatic nitrogens is 2. The average molecular weight is 344 g/mol. The van der Waals surface area contributed by atoms with E-state index in [0.29, 0.717) is 6.42 Å². The molecule has 106 valence electrons. The van der Waals surface area contributed by atoms with Gasteiger partial charge in [-0.2, -0.15) is 0 Å². The van der Waals surface area contributed by atoms with Gasteiger partial charge in [0.25, 0.3) is 0 Å². The van der Waals surface area contributed by atoms with E-state index < -0.39 is 0 Å². The molecule has 1 amide bonds. The number of imidazole rings is 1. The lowest BCUT2D eigenvalue weighted by Crippen LogP contribution is -2.16. The van der Waals surface area contributed by atoms with Crippen LogP contribution < -0.4 is 5.32 Å². The smallest absolute Gasteiger partial charge is 0.228 e. The van der Waals surface area contributed by atoms with Crippen LogP contribution in [-0.2, 0) is 11.2 Å². The second-order valence-electron chi connectivity index (χ2n) is 4.84. The Morgan fingerprint density at radius 1 is 1.24 bits per heavy atom. The molecule has 0 saturated carbocycles. The number of pyridine rings is 1. The molecule has 21 heavy (non-hydrogen) atoms. The average Bonchev–Trinajstić information content (AvgIpc) is 2.94. The van der Waals surface area contributed by atoms with Crippen LogP contribution in [0.1, 0.15) is 11.3 Å². The highest BCUT2D eigenvalue weighted by Crippen LogP contribution is 2.17. The highest BCUT2D eigenvalue weighted by atomic mass is 79.9. The van der Waals surface area contributed by atoms with E-state index in [1.54, 1.807) is 6.20 Å². The fourth-order valence-corrected chi connectivity index (χ4v) is 2.51. The monoisotopic (exact) mass is 343 g/mol. The number of carbonyl (C=O) groups is 1. The third kappa shape index (κ3) is 2.97. The van der Waals surface area contributed by atoms with E-state index in [0.717, 1.165) is 27.1 Å². The Kier molecular flexibility index (Phi) is 3.75. The first-order valence-corrected chi connectivity index (χ1v) is 7.40. The van der Waals surface area contributed by atoms with Gasteiger partial charge in [-0.1, -0.05) is 28.1 Å². The van der Waals surface area contributed by atoms with E-state index in [-0.39, 0.29) is 5.91 Å². The lowest BCUT2D eigenvalue weighted by Gasteiger charge is -2.10. The number of nitrogens with zero attached hydrogens (tertiary/aromatic N) is 2. The summed E-state index contributed by atoms with van der Waals surface area (Å²) in [6.45, 7) is 1.96. The number of carbonyl (C=O) groups excluding carboxylic acids is 1. The van der Waals surface area contributed by atoms with E-state index in [4.69, 9.17) is 0 Å². The number of halogens is 1. The van der Waals surface area contributed by atoms with Crippen LogP contribution in [0.4, 0.5) is 5.69 Å². The molecule has 1 aromatic carbocycles. The molecule has 2 aromatic heterocycles. The Bertz CT molecular complexity index is 793. The van der Waals surface area contributed by atoms with Crippen LogP contribution in [0.15, 0.2) is 53.3 Å². The molecular formula is C16H14BrN3O. The predicted molar refractivity (Wildman–Crippen MR) is 86.4 cm³/mol. The summed E-state index contributed by atoms with van der Waals surface area (Å²) in [4.78, 5) is 16.4. The van der Waals surface area contributed by atoms with Gasteiger partial charge >= 0.3 is 0 Å². The maximum Gasteiger partial charge on any atom is 0.228 e. The molecule has 3 rings (SSSR count). The molecule has 3 aromatic rings. The lowest BCUT2D eigenvalue weighted by molar-refractivity contribution is -0.115. The highest BCUT2D eigenvalue weighted by Gasteiger charge is 2.08. The van der Waals surface area contributed by atoms with Crippen molar-refractivity contribution in [2.45, 2.75) is 13.3 Å². The zero-order valence-corrected chi connectivity index (χ0v) is 13.1. The Morgan fingerprint density at radius 3 is 2.76 bits per heavy atom. The predicted octanol–water partition coefficient (Wildman–Crippen LogP) is 3.59. The molecule has 0 saturated heterocycles. The van der Waals surface area contributed by atoms with Crippen LogP contribution in [0.5, 0.6) is 0 Å². The molecule has 0 fully saturated rings. The van der Waals surface area contributed by atoms with Gasteiger partial charge in [-0.25, -0.2) is 4.98 Å². The summed E-state index contributed by atoms with van der Waals surface area (Å²) in [7, 11) is 0. The Labute approximate surface area is 131 Å². The number of fused-ring (bicyclic) bond motifs is 1. The Balaban J connectivity index is 1.76. The maximum absolute atomic E-state index is 12.1. The largest absolute Gasteiger partial charge is 0.324 e. The van der Waals surface area contributed by atoms with Gasteiger partial charge < -0.3 is 9.72 Å². The van der Waals surface area contributed by atoms with Crippen molar-refractivity contribution in [3.63, 3.8) is 0 Å². The molecule has 0 atom stereocenters. The van der Waals surface area contributed by atoms with E-state index in [1.165, 1.54) is 0 Å². The van der Waals surface area contributed by atoms with Gasteiger partial charge in [0, 0.05) is 22.6 Å². The van der Waals surface area contributed by atoms with Crippen molar-refractivity contribution < 1.29 is 4.79 Å². The quantitative estimate of drug-likeness (QED) is 0.789. The molecule has 0 spiro atoms. The Morgan fingerprint density at radius 2 is 2.00 bits per heavy atom. The van der Waals surface area contributed by atoms with Crippen molar-refractivity contribution >= 4 is 33.2 Å². The molecule has 2 heterocycles. The summed E-state index contributed by atoms with van der Waals surface area (Å²) in [5, 5.41) is 2.96. The first-order chi connectivity index (χ1) is 10.1. The molecule has 1 N–H and O–H groups in total. The van der Waals surface area contributed by atoms with Gasteiger partial charge in [0.05, 0.1) is 12.1 Å². The zero-order chi connectivity index (χ0) is 14.8. The first kappa shape index (κ1) is 13.8. The van der Waals surface area contributed by atoms with Crippen molar-refractivity contribution in [1.29, 1.82) is 0 Å². The number of rotatable bonds is 3. The van der Waals surface area contributed by atoms with Crippen molar-refractivity contribution in [1.82, 2.24) is 9.38 Å². The van der Waals surface area contributed by atoms with Crippen LogP contribution in [-0.4, -0.2) is 15.3 Å². The molecule has 0 aliphatic rings. The third-order valence-corrected chi connectivity index (χ3v) is 3.90. The SMILES string of the molecule is Cc1c(NC(=O)Cc2ccc(Br)cc2)ccc2nccn12. The van der Waals surface area contributed by atoms with Crippen LogP contribution in [0, 0.1) is 6.92 Å². The fraction of sp³-hybridized carbons (Fsp3) is 0.125. The number of hydrogen-bond acceptors (Lipinski definition) is 2. The minimum absolute atomic E-state index is 0.0279. The number of benzene rings is 1. The van der Waals surface area contributed by atoms with Crippen LogP contribution in [0.2, 0.25) is 0 Å². The molecule has 5 heteroatoms. The van der Waals surface area contributed by atoms with Gasteiger partial charge in [0.15, 0.2) is 0 Å². The molecule has 0 aliphatic carbocycles. The summed E-state index contributed by atoms with van der Waals surface area (Å²) >= 11 is 3.38. The maximum atomic E-state index is 12.1. The fourth-order valence-electron chi connectivity index (χ4n) is 2.24. The van der Waals surface area contributed by atoms with Crippen LogP contribution >= 0.6 is 15.9 Å². The van der Waals surface area contributed by atoms with Crippen LogP contribution in [0.25, 0.3) is 5.65 Å². The molecule has 0 aliphatic heterocycles. The minimum Gasteiger partial charge on any atom is -0.324 e. The van der Waals surface area contributed by atoms with E-state index >= 15 is 0 Å². The molecule has 0 radical (unpaired) electrons. The van der Waals surface area contributed by atoms with E-state index in [1.807, 2.05) is 53.9 Å².